The molecule has 0 unspecified atom stereocenters. The number of aryl methyl sites for hydroxylation is 1. The maximum Gasteiger partial charge on any atom is 0.413 e. The van der Waals surface area contributed by atoms with E-state index in [1.54, 1.807) is 0 Å². The van der Waals surface area contributed by atoms with E-state index in [1.165, 1.54) is 11.3 Å². The van der Waals surface area contributed by atoms with Crippen LogP contribution < -0.4 is 10.6 Å². The number of carbonyl (C=O) groups is 1. The molecule has 0 aromatic carbocycles. The van der Waals surface area contributed by atoms with E-state index in [2.05, 4.69) is 29.5 Å². The predicted octanol–water partition coefficient (Wildman–Crippen LogP) is 3.34. The second kappa shape index (κ2) is 6.10. The van der Waals surface area contributed by atoms with Gasteiger partial charge in [0.15, 0.2) is 5.13 Å². The zero-order chi connectivity index (χ0) is 15.6. The van der Waals surface area contributed by atoms with Gasteiger partial charge in [-0.1, -0.05) is 0 Å². The summed E-state index contributed by atoms with van der Waals surface area (Å²) in [5, 5.41) is 6.54. The summed E-state index contributed by atoms with van der Waals surface area (Å²) in [6.45, 7) is 11.7. The van der Waals surface area contributed by atoms with Crippen molar-refractivity contribution >= 4 is 22.6 Å². The fourth-order valence-corrected chi connectivity index (χ4v) is 2.70. The lowest BCUT2D eigenvalue weighted by Gasteiger charge is -2.23. The SMILES string of the molecule is CNC(C)(C)Cc1sc(NC(=O)OC(C)(C)C)nc1C. The first-order valence-electron chi connectivity index (χ1n) is 6.67. The molecule has 0 aliphatic rings. The van der Waals surface area contributed by atoms with E-state index in [1.807, 2.05) is 34.7 Å². The zero-order valence-corrected chi connectivity index (χ0v) is 14.2. The van der Waals surface area contributed by atoms with Gasteiger partial charge >= 0.3 is 6.09 Å². The van der Waals surface area contributed by atoms with E-state index in [0.29, 0.717) is 5.13 Å². The number of aromatic nitrogens is 1. The largest absolute Gasteiger partial charge is 0.444 e. The first kappa shape index (κ1) is 16.9. The molecule has 0 saturated heterocycles. The van der Waals surface area contributed by atoms with Crippen LogP contribution in [0, 0.1) is 6.92 Å². The molecule has 0 radical (unpaired) electrons. The molecule has 2 N–H and O–H groups in total. The Morgan fingerprint density at radius 2 is 1.90 bits per heavy atom. The second-order valence-electron chi connectivity index (χ2n) is 6.47. The van der Waals surface area contributed by atoms with Gasteiger partial charge in [0, 0.05) is 16.8 Å². The highest BCUT2D eigenvalue weighted by Gasteiger charge is 2.21. The number of amides is 1. The highest BCUT2D eigenvalue weighted by molar-refractivity contribution is 7.15. The summed E-state index contributed by atoms with van der Waals surface area (Å²) in [6, 6.07) is 0. The van der Waals surface area contributed by atoms with Crippen molar-refractivity contribution in [3.8, 4) is 0 Å². The van der Waals surface area contributed by atoms with E-state index in [4.69, 9.17) is 4.74 Å². The minimum absolute atomic E-state index is 0.000478. The molecule has 0 aliphatic heterocycles. The molecule has 5 nitrogen and oxygen atoms in total. The third-order valence-electron chi connectivity index (χ3n) is 2.78. The van der Waals surface area contributed by atoms with Crippen LogP contribution in [-0.4, -0.2) is 29.3 Å². The van der Waals surface area contributed by atoms with Crippen molar-refractivity contribution < 1.29 is 9.53 Å². The predicted molar refractivity (Wildman–Crippen MR) is 83.6 cm³/mol. The summed E-state index contributed by atoms with van der Waals surface area (Å²) in [6.07, 6.45) is 0.397. The summed E-state index contributed by atoms with van der Waals surface area (Å²) in [7, 11) is 1.94. The van der Waals surface area contributed by atoms with Crippen LogP contribution in [0.15, 0.2) is 0 Å². The van der Waals surface area contributed by atoms with Gasteiger partial charge in [0.05, 0.1) is 5.69 Å². The van der Waals surface area contributed by atoms with Crippen LogP contribution in [0.2, 0.25) is 0 Å². The summed E-state index contributed by atoms with van der Waals surface area (Å²) < 4.78 is 5.22. The second-order valence-corrected chi connectivity index (χ2v) is 7.55. The molecule has 1 aromatic rings. The van der Waals surface area contributed by atoms with Crippen LogP contribution in [-0.2, 0) is 11.2 Å². The fourth-order valence-electron chi connectivity index (χ4n) is 1.53. The first-order valence-corrected chi connectivity index (χ1v) is 7.49. The van der Waals surface area contributed by atoms with Gasteiger partial charge < -0.3 is 10.1 Å². The Labute approximate surface area is 125 Å². The Hall–Kier alpha value is -1.14. The molecule has 114 valence electrons. The van der Waals surface area contributed by atoms with Crippen molar-refractivity contribution in [3.05, 3.63) is 10.6 Å². The minimum atomic E-state index is -0.507. The highest BCUT2D eigenvalue weighted by Crippen LogP contribution is 2.26. The van der Waals surface area contributed by atoms with Gasteiger partial charge in [0.2, 0.25) is 0 Å². The standard InChI is InChI=1S/C14H25N3O2S/c1-9-10(8-14(5,6)15-7)20-11(16-9)17-12(18)19-13(2,3)4/h15H,8H2,1-7H3,(H,16,17,18). The Morgan fingerprint density at radius 1 is 1.30 bits per heavy atom. The molecular formula is C14H25N3O2S. The van der Waals surface area contributed by atoms with Crippen LogP contribution in [0.5, 0.6) is 0 Å². The average molecular weight is 299 g/mol. The van der Waals surface area contributed by atoms with E-state index < -0.39 is 11.7 Å². The summed E-state index contributed by atoms with van der Waals surface area (Å²) in [4.78, 5) is 17.3. The number of thiazole rings is 1. The Bertz CT molecular complexity index is 475. The Morgan fingerprint density at radius 3 is 2.40 bits per heavy atom. The third-order valence-corrected chi connectivity index (χ3v) is 3.85. The van der Waals surface area contributed by atoms with E-state index in [-0.39, 0.29) is 5.54 Å². The van der Waals surface area contributed by atoms with Crippen LogP contribution in [0.25, 0.3) is 0 Å². The molecule has 0 fully saturated rings. The van der Waals surface area contributed by atoms with Gasteiger partial charge in [-0.2, -0.15) is 0 Å². The molecule has 0 saturated carbocycles. The lowest BCUT2D eigenvalue weighted by atomic mass is 9.99. The van der Waals surface area contributed by atoms with Crippen molar-refractivity contribution in [2.24, 2.45) is 0 Å². The monoisotopic (exact) mass is 299 g/mol. The first-order chi connectivity index (χ1) is 9.02. The van der Waals surface area contributed by atoms with Crippen LogP contribution in [0.4, 0.5) is 9.93 Å². The number of hydrogen-bond acceptors (Lipinski definition) is 5. The average Bonchev–Trinajstić information content (AvgIpc) is 2.55. The molecule has 0 atom stereocenters. The fraction of sp³-hybridized carbons (Fsp3) is 0.714. The van der Waals surface area contributed by atoms with Gasteiger partial charge in [-0.25, -0.2) is 9.78 Å². The zero-order valence-electron chi connectivity index (χ0n) is 13.4. The molecule has 0 spiro atoms. The molecule has 6 heteroatoms. The number of rotatable bonds is 4. The molecule has 0 aliphatic carbocycles. The Balaban J connectivity index is 2.73. The van der Waals surface area contributed by atoms with Gasteiger partial charge in [-0.05, 0) is 48.6 Å². The molecule has 0 bridgehead atoms. The van der Waals surface area contributed by atoms with Gasteiger partial charge in [0.25, 0.3) is 0 Å². The molecular weight excluding hydrogens is 274 g/mol. The number of carbonyl (C=O) groups excluding carboxylic acids is 1. The molecule has 20 heavy (non-hydrogen) atoms. The lowest BCUT2D eigenvalue weighted by molar-refractivity contribution is 0.0636. The topological polar surface area (TPSA) is 63.2 Å². The van der Waals surface area contributed by atoms with Gasteiger partial charge in [-0.3, -0.25) is 5.32 Å². The lowest BCUT2D eigenvalue weighted by Crippen LogP contribution is -2.38. The normalized spacial score (nSPS) is 12.3. The van der Waals surface area contributed by atoms with Gasteiger partial charge in [-0.15, -0.1) is 11.3 Å². The van der Waals surface area contributed by atoms with E-state index in [0.717, 1.165) is 17.0 Å². The smallest absolute Gasteiger partial charge is 0.413 e. The van der Waals surface area contributed by atoms with E-state index in [9.17, 15) is 4.79 Å². The van der Waals surface area contributed by atoms with Crippen molar-refractivity contribution in [2.45, 2.75) is 59.1 Å². The minimum Gasteiger partial charge on any atom is -0.444 e. The molecule has 1 heterocycles. The van der Waals surface area contributed by atoms with Crippen LogP contribution in [0.3, 0.4) is 0 Å². The molecule has 1 rings (SSSR count). The number of nitrogens with one attached hydrogen (secondary N) is 2. The molecule has 1 aromatic heterocycles. The van der Waals surface area contributed by atoms with Crippen molar-refractivity contribution in [1.29, 1.82) is 0 Å². The highest BCUT2D eigenvalue weighted by atomic mass is 32.1. The van der Waals surface area contributed by atoms with Gasteiger partial charge in [0.1, 0.15) is 5.60 Å². The number of anilines is 1. The summed E-state index contributed by atoms with van der Waals surface area (Å²) >= 11 is 1.49. The molecule has 1 amide bonds. The number of nitrogens with zero attached hydrogens (tertiary/aromatic N) is 1. The maximum absolute atomic E-state index is 11.7. The maximum atomic E-state index is 11.7. The van der Waals surface area contributed by atoms with Crippen molar-refractivity contribution in [1.82, 2.24) is 10.3 Å². The van der Waals surface area contributed by atoms with Crippen molar-refractivity contribution in [2.75, 3.05) is 12.4 Å². The van der Waals surface area contributed by atoms with Crippen LogP contribution >= 0.6 is 11.3 Å². The number of hydrogen-bond donors (Lipinski definition) is 2. The number of likely N-dealkylation sites (N-methyl/N-ethyl adjacent to an activating group) is 1. The third kappa shape index (κ3) is 5.46. The summed E-state index contributed by atoms with van der Waals surface area (Å²) in [5.74, 6) is 0. The van der Waals surface area contributed by atoms with E-state index >= 15 is 0 Å². The van der Waals surface area contributed by atoms with Crippen LogP contribution in [0.1, 0.15) is 45.2 Å². The quantitative estimate of drug-likeness (QED) is 0.895. The number of ether oxygens (including phenoxy) is 1. The van der Waals surface area contributed by atoms with Crippen molar-refractivity contribution in [3.63, 3.8) is 0 Å². The Kier molecular flexibility index (Phi) is 5.15. The summed E-state index contributed by atoms with van der Waals surface area (Å²) in [5.41, 5.74) is 0.442.